The molecule has 9 nitrogen and oxygen atoms in total. The van der Waals surface area contributed by atoms with Crippen LogP contribution in [0.5, 0.6) is 11.5 Å². The minimum atomic E-state index is -8.71. The molecule has 1 atom stereocenters. The van der Waals surface area contributed by atoms with E-state index in [1.807, 2.05) is 0 Å². The van der Waals surface area contributed by atoms with Crippen LogP contribution in [-0.4, -0.2) is 93.5 Å². The molecule has 0 bridgehead atoms. The second kappa shape index (κ2) is 21.4. The van der Waals surface area contributed by atoms with Crippen molar-refractivity contribution < 1.29 is 108 Å². The number of ether oxygens (including phenoxy) is 3. The fraction of sp³-hybridized carbons (Fsp3) is 0.538. The number of nitrogens with one attached hydrogen (secondary N) is 2. The lowest BCUT2D eigenvalue weighted by Gasteiger charge is -2.44. The van der Waals surface area contributed by atoms with E-state index in [0.717, 1.165) is 6.08 Å². The summed E-state index contributed by atoms with van der Waals surface area (Å²) in [6, 6.07) is 10.5. The number of amides is 2. The van der Waals surface area contributed by atoms with Gasteiger partial charge >= 0.3 is 53.7 Å². The van der Waals surface area contributed by atoms with E-state index in [1.165, 1.54) is 94.9 Å². The van der Waals surface area contributed by atoms with E-state index < -0.39 is 111 Å². The van der Waals surface area contributed by atoms with Crippen LogP contribution in [0.4, 0.5) is 85.1 Å². The van der Waals surface area contributed by atoms with Gasteiger partial charge in [-0.05, 0) is 59.1 Å². The Balaban J connectivity index is 2.27. The van der Waals surface area contributed by atoms with E-state index >= 15 is 0 Å². The maximum Gasteiger partial charge on any atom is 0.460 e. The summed E-state index contributed by atoms with van der Waals surface area (Å²) in [6.07, 6.45) is -7.08. The number of allylic oxidation sites excluding steroid dienone is 2. The van der Waals surface area contributed by atoms with Crippen molar-refractivity contribution in [2.24, 2.45) is 0 Å². The number of methoxy groups -OCH3 is 1. The van der Waals surface area contributed by atoms with Crippen LogP contribution in [0.15, 0.2) is 72.8 Å². The molecule has 0 saturated heterocycles. The molecule has 27 heteroatoms. The monoisotopic (exact) mass is 1000 g/mol. The number of benzene rings is 2. The van der Waals surface area contributed by atoms with Gasteiger partial charge in [-0.3, -0.25) is 15.3 Å². The molecule has 0 unspecified atom stereocenters. The van der Waals surface area contributed by atoms with Gasteiger partial charge in [0.1, 0.15) is 24.2 Å². The number of carbonyl (C=O) groups excluding carboxylic acids is 2. The van der Waals surface area contributed by atoms with E-state index in [4.69, 9.17) is 23.8 Å². The van der Waals surface area contributed by atoms with Gasteiger partial charge in [0.05, 0.1) is 13.7 Å². The molecule has 2 aromatic rings. The second-order valence-corrected chi connectivity index (χ2v) is 19.9. The molecule has 0 saturated carbocycles. The van der Waals surface area contributed by atoms with Gasteiger partial charge in [0.25, 0.3) is 5.91 Å². The predicted octanol–water partition coefficient (Wildman–Crippen LogP) is 12.6. The summed E-state index contributed by atoms with van der Waals surface area (Å²) < 4.78 is 258. The van der Waals surface area contributed by atoms with Gasteiger partial charge in [-0.25, -0.2) is 10.3 Å². The molecule has 0 heterocycles. The van der Waals surface area contributed by atoms with Crippen molar-refractivity contribution in [3.63, 3.8) is 0 Å². The first-order chi connectivity index (χ1) is 30.0. The highest BCUT2D eigenvalue weighted by atomic mass is 28.4. The molecular weight excluding hydrogens is 959 g/mol. The summed E-state index contributed by atoms with van der Waals surface area (Å²) >= 11 is 0. The SMILES string of the molecule is COc1ccc(NC(=O)O[C@@H](C/C=C/C=C/C(=O)NO)c2ccc(OCCO[Si](CCC(F)(F)C(F)(F)C(F)(F)C(F)(F)C(F)(F)C(F)(F)C(F)(F)C(F)(F)F)(C(C)C)C(C)C)cc2)cc1. The van der Waals surface area contributed by atoms with Crippen LogP contribution in [-0.2, 0) is 14.0 Å². The van der Waals surface area contributed by atoms with Crippen molar-refractivity contribution in [3.8, 4) is 11.5 Å². The van der Waals surface area contributed by atoms with Gasteiger partial charge in [-0.2, -0.15) is 74.6 Å². The first-order valence-corrected chi connectivity index (χ1v) is 21.3. The number of rotatable bonds is 24. The Morgan fingerprint density at radius 2 is 1.15 bits per heavy atom. The van der Waals surface area contributed by atoms with Gasteiger partial charge in [-0.1, -0.05) is 58.1 Å². The molecule has 0 aromatic heterocycles. The highest BCUT2D eigenvalue weighted by molar-refractivity contribution is 6.76. The van der Waals surface area contributed by atoms with Crippen LogP contribution in [0.2, 0.25) is 17.1 Å². The maximum absolute atomic E-state index is 15.0. The highest BCUT2D eigenvalue weighted by Crippen LogP contribution is 2.64. The molecule has 0 radical (unpaired) electrons. The molecule has 0 fully saturated rings. The molecular formula is C39H43F17N2O7Si. The predicted molar refractivity (Wildman–Crippen MR) is 203 cm³/mol. The topological polar surface area (TPSA) is 115 Å². The number of hydroxylamine groups is 1. The number of alkyl halides is 17. The minimum Gasteiger partial charge on any atom is -0.497 e. The molecule has 2 amide bonds. The molecule has 0 aliphatic rings. The van der Waals surface area contributed by atoms with Gasteiger partial charge in [0, 0.05) is 24.6 Å². The number of hydrogen-bond acceptors (Lipinski definition) is 7. The van der Waals surface area contributed by atoms with Crippen LogP contribution in [0.3, 0.4) is 0 Å². The lowest BCUT2D eigenvalue weighted by molar-refractivity contribution is -0.461. The van der Waals surface area contributed by atoms with Crippen LogP contribution in [0, 0.1) is 0 Å². The summed E-state index contributed by atoms with van der Waals surface area (Å²) in [7, 11) is -2.58. The quantitative estimate of drug-likeness (QED) is 0.0182. The molecule has 0 spiro atoms. The zero-order chi connectivity index (χ0) is 51.0. The zero-order valence-electron chi connectivity index (χ0n) is 35.0. The highest BCUT2D eigenvalue weighted by Gasteiger charge is 2.95. The summed E-state index contributed by atoms with van der Waals surface area (Å²) in [5.74, 6) is -57.1. The fourth-order valence-corrected chi connectivity index (χ4v) is 10.7. The normalized spacial score (nSPS) is 14.6. The van der Waals surface area contributed by atoms with Crippen molar-refractivity contribution in [3.05, 3.63) is 78.4 Å². The van der Waals surface area contributed by atoms with Crippen LogP contribution in [0.25, 0.3) is 0 Å². The number of anilines is 1. The van der Waals surface area contributed by atoms with Crippen LogP contribution < -0.4 is 20.3 Å². The Kier molecular flexibility index (Phi) is 18.6. The Morgan fingerprint density at radius 1 is 0.667 bits per heavy atom. The molecule has 66 heavy (non-hydrogen) atoms. The van der Waals surface area contributed by atoms with E-state index in [9.17, 15) is 84.2 Å². The van der Waals surface area contributed by atoms with Crippen molar-refractivity contribution in [2.45, 2.75) is 111 Å². The van der Waals surface area contributed by atoms with Gasteiger partial charge < -0.3 is 18.6 Å². The molecule has 374 valence electrons. The van der Waals surface area contributed by atoms with Crippen molar-refractivity contribution in [1.29, 1.82) is 0 Å². The van der Waals surface area contributed by atoms with E-state index in [2.05, 4.69) is 5.32 Å². The summed E-state index contributed by atoms with van der Waals surface area (Å²) in [4.78, 5) is 24.0. The first-order valence-electron chi connectivity index (χ1n) is 19.0. The molecule has 2 aromatic carbocycles. The van der Waals surface area contributed by atoms with E-state index in [0.29, 0.717) is 17.0 Å². The molecule has 0 aliphatic carbocycles. The van der Waals surface area contributed by atoms with Gasteiger partial charge in [0.15, 0.2) is 8.32 Å². The number of halogens is 17. The summed E-state index contributed by atoms with van der Waals surface area (Å²) in [5, 5.41) is 11.1. The lowest BCUT2D eigenvalue weighted by atomic mass is 9.88. The molecule has 0 aliphatic heterocycles. The largest absolute Gasteiger partial charge is 0.497 e. The Bertz CT molecular complexity index is 1960. The third-order valence-corrected chi connectivity index (χ3v) is 15.8. The average Bonchev–Trinajstić information content (AvgIpc) is 3.22. The number of hydrogen-bond donors (Lipinski definition) is 3. The third-order valence-electron chi connectivity index (χ3n) is 10.1. The maximum atomic E-state index is 15.0. The average molecular weight is 1000 g/mol. The van der Waals surface area contributed by atoms with Crippen molar-refractivity contribution >= 4 is 26.0 Å². The Hall–Kier alpha value is -4.79. The number of carbonyl (C=O) groups is 2. The Labute approximate surface area is 366 Å². The standard InChI is InChI=1S/C39H43F17N2O7Si/c1-23(2)66(24(3)4,22-19-32(40,41)33(42,43)34(44,45)35(46,47)36(48,49)37(50,51)38(52,53)39(54,55)56)64-21-20-63-28-15-11-25(12-16-28)29(9-7-6-8-10-30(59)58-61)65-31(60)57-26-13-17-27(62-5)18-14-26/h6-8,10-18,23-24,29,61H,9,19-22H2,1-5H3,(H,57,60)(H,58,59)/b7-6+,10-8+/t29-/m0/s1. The second-order valence-electron chi connectivity index (χ2n) is 14.9. The molecule has 2 rings (SSSR count). The lowest BCUT2D eigenvalue weighted by Crippen LogP contribution is -2.74. The van der Waals surface area contributed by atoms with Crippen molar-refractivity contribution in [2.75, 3.05) is 25.6 Å². The third kappa shape index (κ3) is 12.0. The van der Waals surface area contributed by atoms with E-state index in [-0.39, 0.29) is 12.2 Å². The molecule has 3 N–H and O–H groups in total. The first kappa shape index (κ1) is 57.3. The minimum absolute atomic E-state index is 0.0284. The van der Waals surface area contributed by atoms with Crippen LogP contribution in [0.1, 0.15) is 52.2 Å². The smallest absolute Gasteiger partial charge is 0.460 e. The zero-order valence-corrected chi connectivity index (χ0v) is 36.0. The Morgan fingerprint density at radius 3 is 1.62 bits per heavy atom. The summed E-state index contributed by atoms with van der Waals surface area (Å²) in [6.45, 7) is 4.25. The van der Waals surface area contributed by atoms with E-state index in [1.54, 1.807) is 12.1 Å². The van der Waals surface area contributed by atoms with Gasteiger partial charge in [0.2, 0.25) is 0 Å². The van der Waals surface area contributed by atoms with Crippen LogP contribution >= 0.6 is 0 Å². The van der Waals surface area contributed by atoms with Crippen molar-refractivity contribution in [1.82, 2.24) is 5.48 Å². The summed E-state index contributed by atoms with van der Waals surface area (Å²) in [5.41, 5.74) is 0.320. The van der Waals surface area contributed by atoms with Gasteiger partial charge in [-0.15, -0.1) is 0 Å². The fourth-order valence-electron chi connectivity index (χ4n) is 6.19.